The highest BCUT2D eigenvalue weighted by Gasteiger charge is 2.10. The Bertz CT molecular complexity index is 243. The van der Waals surface area contributed by atoms with Crippen LogP contribution in [0.3, 0.4) is 0 Å². The van der Waals surface area contributed by atoms with E-state index in [0.29, 0.717) is 5.69 Å². The first-order chi connectivity index (χ1) is 5.61. The molecule has 0 spiro atoms. The Morgan fingerprint density at radius 3 is 2.17 bits per heavy atom. The van der Waals surface area contributed by atoms with Gasteiger partial charge in [-0.05, 0) is 24.6 Å². The maximum Gasteiger partial charge on any atom is 0.0938 e. The molecular weight excluding hydrogens is 152 g/mol. The van der Waals surface area contributed by atoms with Gasteiger partial charge in [-0.1, -0.05) is 12.1 Å². The van der Waals surface area contributed by atoms with E-state index < -0.39 is 6.10 Å². The van der Waals surface area contributed by atoms with Crippen LogP contribution in [0.4, 0.5) is 5.69 Å². The van der Waals surface area contributed by atoms with Crippen LogP contribution in [0.15, 0.2) is 24.3 Å². The third-order valence-electron chi connectivity index (χ3n) is 1.78. The Morgan fingerprint density at radius 1 is 1.25 bits per heavy atom. The minimum Gasteiger partial charge on any atom is -0.399 e. The molecule has 3 heteroatoms. The van der Waals surface area contributed by atoms with Crippen molar-refractivity contribution in [1.82, 2.24) is 0 Å². The van der Waals surface area contributed by atoms with E-state index in [9.17, 15) is 5.11 Å². The first-order valence-corrected chi connectivity index (χ1v) is 3.90. The van der Waals surface area contributed by atoms with Crippen LogP contribution >= 0.6 is 0 Å². The second-order valence-electron chi connectivity index (χ2n) is 2.97. The molecule has 1 aromatic rings. The number of aliphatic hydroxyl groups is 1. The number of rotatable bonds is 2. The fourth-order valence-corrected chi connectivity index (χ4v) is 0.997. The molecule has 0 bridgehead atoms. The monoisotopic (exact) mass is 166 g/mol. The molecule has 0 aromatic heterocycles. The van der Waals surface area contributed by atoms with E-state index in [-0.39, 0.29) is 6.04 Å². The highest BCUT2D eigenvalue weighted by atomic mass is 16.3. The van der Waals surface area contributed by atoms with E-state index >= 15 is 0 Å². The summed E-state index contributed by atoms with van der Waals surface area (Å²) in [5.74, 6) is 0. The zero-order valence-corrected chi connectivity index (χ0v) is 7.07. The van der Waals surface area contributed by atoms with Crippen LogP contribution in [0.5, 0.6) is 0 Å². The van der Waals surface area contributed by atoms with Gasteiger partial charge in [-0.25, -0.2) is 0 Å². The molecule has 12 heavy (non-hydrogen) atoms. The van der Waals surface area contributed by atoms with Crippen LogP contribution in [0.25, 0.3) is 0 Å². The maximum atomic E-state index is 9.52. The molecule has 66 valence electrons. The van der Waals surface area contributed by atoms with Crippen molar-refractivity contribution in [3.05, 3.63) is 29.8 Å². The summed E-state index contributed by atoms with van der Waals surface area (Å²) >= 11 is 0. The molecule has 0 saturated carbocycles. The van der Waals surface area contributed by atoms with E-state index in [1.165, 1.54) is 0 Å². The summed E-state index contributed by atoms with van der Waals surface area (Å²) in [5.41, 5.74) is 12.5. The van der Waals surface area contributed by atoms with Gasteiger partial charge in [0, 0.05) is 11.7 Å². The molecule has 0 fully saturated rings. The van der Waals surface area contributed by atoms with Crippen molar-refractivity contribution in [2.45, 2.75) is 19.1 Å². The molecule has 2 atom stereocenters. The van der Waals surface area contributed by atoms with Crippen LogP contribution in [-0.4, -0.2) is 11.1 Å². The SMILES string of the molecule is C[C@@H](N)[C@H](O)c1ccc(N)cc1. The van der Waals surface area contributed by atoms with Crippen LogP contribution < -0.4 is 11.5 Å². The summed E-state index contributed by atoms with van der Waals surface area (Å²) in [4.78, 5) is 0. The number of hydrogen-bond donors (Lipinski definition) is 3. The maximum absolute atomic E-state index is 9.52. The number of anilines is 1. The molecular formula is C9H14N2O. The van der Waals surface area contributed by atoms with Crippen LogP contribution in [-0.2, 0) is 0 Å². The molecule has 0 aliphatic carbocycles. The summed E-state index contributed by atoms with van der Waals surface area (Å²) in [6, 6.07) is 6.81. The van der Waals surface area contributed by atoms with Crippen LogP contribution in [0.2, 0.25) is 0 Å². The van der Waals surface area contributed by atoms with E-state index in [4.69, 9.17) is 11.5 Å². The topological polar surface area (TPSA) is 72.3 Å². The normalized spacial score (nSPS) is 15.6. The van der Waals surface area contributed by atoms with Gasteiger partial charge < -0.3 is 16.6 Å². The van der Waals surface area contributed by atoms with Crippen molar-refractivity contribution in [3.63, 3.8) is 0 Å². The summed E-state index contributed by atoms with van der Waals surface area (Å²) in [6.07, 6.45) is -0.606. The van der Waals surface area contributed by atoms with Crippen LogP contribution in [0, 0.1) is 0 Å². The van der Waals surface area contributed by atoms with E-state index in [1.54, 1.807) is 31.2 Å². The molecule has 0 amide bonds. The van der Waals surface area contributed by atoms with Crippen molar-refractivity contribution in [2.75, 3.05) is 5.73 Å². The van der Waals surface area contributed by atoms with Gasteiger partial charge in [0.15, 0.2) is 0 Å². The Labute approximate surface area is 72.0 Å². The fourth-order valence-electron chi connectivity index (χ4n) is 0.997. The number of hydrogen-bond acceptors (Lipinski definition) is 3. The zero-order chi connectivity index (χ0) is 9.14. The summed E-state index contributed by atoms with van der Waals surface area (Å²) < 4.78 is 0. The molecule has 0 radical (unpaired) electrons. The largest absolute Gasteiger partial charge is 0.399 e. The molecule has 0 unspecified atom stereocenters. The van der Waals surface area contributed by atoms with Gasteiger partial charge in [0.1, 0.15) is 0 Å². The quantitative estimate of drug-likeness (QED) is 0.565. The average Bonchev–Trinajstić information content (AvgIpc) is 2.04. The second kappa shape index (κ2) is 3.56. The van der Waals surface area contributed by atoms with Gasteiger partial charge in [-0.2, -0.15) is 0 Å². The van der Waals surface area contributed by atoms with E-state index in [2.05, 4.69) is 0 Å². The van der Waals surface area contributed by atoms with E-state index in [1.807, 2.05) is 0 Å². The van der Waals surface area contributed by atoms with Gasteiger partial charge in [-0.3, -0.25) is 0 Å². The van der Waals surface area contributed by atoms with Gasteiger partial charge in [0.25, 0.3) is 0 Å². The summed E-state index contributed by atoms with van der Waals surface area (Å²) in [5, 5.41) is 9.52. The lowest BCUT2D eigenvalue weighted by atomic mass is 10.0. The molecule has 5 N–H and O–H groups in total. The average molecular weight is 166 g/mol. The number of nitrogens with two attached hydrogens (primary N) is 2. The molecule has 0 heterocycles. The van der Waals surface area contributed by atoms with Crippen LogP contribution in [0.1, 0.15) is 18.6 Å². The van der Waals surface area contributed by atoms with Gasteiger partial charge in [0.2, 0.25) is 0 Å². The van der Waals surface area contributed by atoms with Crippen molar-refractivity contribution in [2.24, 2.45) is 5.73 Å². The van der Waals surface area contributed by atoms with Crippen molar-refractivity contribution < 1.29 is 5.11 Å². The van der Waals surface area contributed by atoms with Crippen molar-refractivity contribution in [1.29, 1.82) is 0 Å². The van der Waals surface area contributed by atoms with Gasteiger partial charge in [-0.15, -0.1) is 0 Å². The predicted octanol–water partition coefficient (Wildman–Crippen LogP) is 0.649. The Hall–Kier alpha value is -1.06. The lowest BCUT2D eigenvalue weighted by Gasteiger charge is -2.14. The summed E-state index contributed by atoms with van der Waals surface area (Å²) in [6.45, 7) is 1.76. The lowest BCUT2D eigenvalue weighted by molar-refractivity contribution is 0.153. The van der Waals surface area contributed by atoms with Crippen molar-refractivity contribution >= 4 is 5.69 Å². The molecule has 0 aliphatic heterocycles. The first-order valence-electron chi connectivity index (χ1n) is 3.90. The molecule has 0 aliphatic rings. The predicted molar refractivity (Wildman–Crippen MR) is 49.5 cm³/mol. The number of nitrogen functional groups attached to an aromatic ring is 1. The minimum absolute atomic E-state index is 0.256. The highest BCUT2D eigenvalue weighted by molar-refractivity contribution is 5.40. The standard InChI is InChI=1S/C9H14N2O/c1-6(10)9(12)7-2-4-8(11)5-3-7/h2-6,9,12H,10-11H2,1H3/t6-,9+/m1/s1. The highest BCUT2D eigenvalue weighted by Crippen LogP contribution is 2.16. The number of aliphatic hydroxyl groups excluding tert-OH is 1. The fraction of sp³-hybridized carbons (Fsp3) is 0.333. The Morgan fingerprint density at radius 2 is 1.75 bits per heavy atom. The smallest absolute Gasteiger partial charge is 0.0938 e. The third-order valence-corrected chi connectivity index (χ3v) is 1.78. The van der Waals surface area contributed by atoms with Gasteiger partial charge in [0.05, 0.1) is 6.10 Å². The Kier molecular flexibility index (Phi) is 2.68. The molecule has 1 rings (SSSR count). The molecule has 1 aromatic carbocycles. The minimum atomic E-state index is -0.606. The second-order valence-corrected chi connectivity index (χ2v) is 2.97. The lowest BCUT2D eigenvalue weighted by Crippen LogP contribution is -2.24. The van der Waals surface area contributed by atoms with Gasteiger partial charge >= 0.3 is 0 Å². The first kappa shape index (κ1) is 9.03. The molecule has 3 nitrogen and oxygen atoms in total. The van der Waals surface area contributed by atoms with E-state index in [0.717, 1.165) is 5.56 Å². The number of benzene rings is 1. The third kappa shape index (κ3) is 1.96. The van der Waals surface area contributed by atoms with Crippen molar-refractivity contribution in [3.8, 4) is 0 Å². The summed E-state index contributed by atoms with van der Waals surface area (Å²) in [7, 11) is 0. The zero-order valence-electron chi connectivity index (χ0n) is 7.07. The Balaban J connectivity index is 2.82. The molecule has 0 saturated heterocycles.